The van der Waals surface area contributed by atoms with Crippen LogP contribution in [0.4, 0.5) is 17.3 Å². The lowest BCUT2D eigenvalue weighted by atomic mass is 10.2. The molecular weight excluding hydrogens is 412 g/mol. The van der Waals surface area contributed by atoms with Crippen molar-refractivity contribution in [3.05, 3.63) is 78.4 Å². The molecule has 0 bridgehead atoms. The number of ether oxygens (including phenoxy) is 1. The smallest absolute Gasteiger partial charge is 0.263 e. The second kappa shape index (κ2) is 8.61. The minimum absolute atomic E-state index is 0.104. The molecule has 0 saturated carbocycles. The number of sulfonamides is 1. The number of aryl methyl sites for hydroxylation is 1. The second-order valence-electron chi connectivity index (χ2n) is 6.86. The van der Waals surface area contributed by atoms with Gasteiger partial charge in [-0.25, -0.2) is 18.4 Å². The number of aromatic nitrogens is 2. The fourth-order valence-electron chi connectivity index (χ4n) is 3.07. The summed E-state index contributed by atoms with van der Waals surface area (Å²) in [5, 5.41) is 3.21. The zero-order valence-corrected chi connectivity index (χ0v) is 18.0. The number of anilines is 3. The maximum absolute atomic E-state index is 13.0. The maximum Gasteiger partial charge on any atom is 0.263 e. The van der Waals surface area contributed by atoms with E-state index < -0.39 is 10.0 Å². The fourth-order valence-corrected chi connectivity index (χ4v) is 4.08. The van der Waals surface area contributed by atoms with Crippen molar-refractivity contribution < 1.29 is 13.2 Å². The highest BCUT2D eigenvalue weighted by atomic mass is 32.2. The van der Waals surface area contributed by atoms with Crippen LogP contribution in [0.25, 0.3) is 11.0 Å². The molecule has 2 N–H and O–H groups in total. The normalized spacial score (nSPS) is 11.3. The Labute approximate surface area is 181 Å². The van der Waals surface area contributed by atoms with E-state index in [1.165, 1.54) is 12.1 Å². The molecule has 0 unspecified atom stereocenters. The highest BCUT2D eigenvalue weighted by molar-refractivity contribution is 7.92. The summed E-state index contributed by atoms with van der Waals surface area (Å²) in [5.41, 5.74) is 3.05. The number of hydrogen-bond donors (Lipinski definition) is 2. The third kappa shape index (κ3) is 4.59. The van der Waals surface area contributed by atoms with E-state index in [0.29, 0.717) is 29.2 Å². The van der Waals surface area contributed by atoms with Gasteiger partial charge in [0.05, 0.1) is 22.5 Å². The molecule has 0 atom stereocenters. The van der Waals surface area contributed by atoms with E-state index in [0.717, 1.165) is 11.3 Å². The Morgan fingerprint density at radius 3 is 2.10 bits per heavy atom. The molecule has 0 radical (unpaired) electrons. The zero-order chi connectivity index (χ0) is 21.8. The monoisotopic (exact) mass is 434 g/mol. The summed E-state index contributed by atoms with van der Waals surface area (Å²) >= 11 is 0. The lowest BCUT2D eigenvalue weighted by Gasteiger charge is -2.15. The van der Waals surface area contributed by atoms with Gasteiger partial charge in [-0.15, -0.1) is 0 Å². The van der Waals surface area contributed by atoms with Crippen LogP contribution in [0.3, 0.4) is 0 Å². The molecule has 0 aliphatic heterocycles. The molecule has 7 nitrogen and oxygen atoms in total. The summed E-state index contributed by atoms with van der Waals surface area (Å²) < 4.78 is 34.0. The molecule has 1 heterocycles. The molecule has 4 aromatic rings. The summed E-state index contributed by atoms with van der Waals surface area (Å²) in [6.45, 7) is 4.33. The van der Waals surface area contributed by atoms with Crippen LogP contribution in [0.1, 0.15) is 12.5 Å². The lowest BCUT2D eigenvalue weighted by molar-refractivity contribution is 0.340. The third-order valence-corrected chi connectivity index (χ3v) is 6.00. The minimum atomic E-state index is -3.89. The average Bonchev–Trinajstić information content (AvgIpc) is 2.76. The Balaban J connectivity index is 1.73. The van der Waals surface area contributed by atoms with Gasteiger partial charge >= 0.3 is 0 Å². The molecule has 0 amide bonds. The number of hydrogen-bond acceptors (Lipinski definition) is 6. The molecule has 158 valence electrons. The molecule has 3 aromatic carbocycles. The van der Waals surface area contributed by atoms with Crippen molar-refractivity contribution in [2.75, 3.05) is 16.6 Å². The predicted molar refractivity (Wildman–Crippen MR) is 122 cm³/mol. The van der Waals surface area contributed by atoms with E-state index >= 15 is 0 Å². The predicted octanol–water partition coefficient (Wildman–Crippen LogP) is 4.88. The van der Waals surface area contributed by atoms with E-state index in [1.807, 2.05) is 56.3 Å². The third-order valence-electron chi connectivity index (χ3n) is 4.64. The summed E-state index contributed by atoms with van der Waals surface area (Å²) in [5.74, 6) is 1.05. The molecule has 0 fully saturated rings. The minimum Gasteiger partial charge on any atom is -0.494 e. The van der Waals surface area contributed by atoms with E-state index in [-0.39, 0.29) is 10.7 Å². The van der Waals surface area contributed by atoms with Crippen LogP contribution in [-0.2, 0) is 10.0 Å². The summed E-state index contributed by atoms with van der Waals surface area (Å²) in [4.78, 5) is 9.23. The summed E-state index contributed by atoms with van der Waals surface area (Å²) in [6, 6.07) is 21.2. The van der Waals surface area contributed by atoms with Gasteiger partial charge in [-0.3, -0.25) is 4.72 Å². The number of nitrogens with one attached hydrogen (secondary N) is 2. The summed E-state index contributed by atoms with van der Waals surface area (Å²) in [7, 11) is -3.89. The number of fused-ring (bicyclic) bond motifs is 1. The van der Waals surface area contributed by atoms with Gasteiger partial charge in [0, 0.05) is 5.69 Å². The van der Waals surface area contributed by atoms with E-state index in [9.17, 15) is 8.42 Å². The molecule has 0 saturated heterocycles. The van der Waals surface area contributed by atoms with Crippen molar-refractivity contribution in [1.82, 2.24) is 9.97 Å². The van der Waals surface area contributed by atoms with Crippen LogP contribution in [0.2, 0.25) is 0 Å². The molecule has 0 aliphatic carbocycles. The van der Waals surface area contributed by atoms with Gasteiger partial charge in [-0.2, -0.15) is 0 Å². The van der Waals surface area contributed by atoms with Crippen molar-refractivity contribution in [1.29, 1.82) is 0 Å². The molecular formula is C23H22N4O3S. The number of para-hydroxylation sites is 3. The van der Waals surface area contributed by atoms with Crippen molar-refractivity contribution in [2.45, 2.75) is 18.7 Å². The molecule has 4 rings (SSSR count). The van der Waals surface area contributed by atoms with Crippen LogP contribution in [0.5, 0.6) is 5.75 Å². The largest absolute Gasteiger partial charge is 0.494 e. The summed E-state index contributed by atoms with van der Waals surface area (Å²) in [6.07, 6.45) is 0. The first-order chi connectivity index (χ1) is 15.0. The Hall–Kier alpha value is -3.65. The van der Waals surface area contributed by atoms with Gasteiger partial charge in [0.25, 0.3) is 10.0 Å². The van der Waals surface area contributed by atoms with Gasteiger partial charge < -0.3 is 10.1 Å². The Morgan fingerprint density at radius 1 is 0.839 bits per heavy atom. The van der Waals surface area contributed by atoms with Crippen LogP contribution >= 0.6 is 0 Å². The molecule has 0 aliphatic rings. The molecule has 1 aromatic heterocycles. The fraction of sp³-hybridized carbons (Fsp3) is 0.130. The van der Waals surface area contributed by atoms with Crippen LogP contribution in [0, 0.1) is 6.92 Å². The van der Waals surface area contributed by atoms with Crippen LogP contribution in [0.15, 0.2) is 77.7 Å². The van der Waals surface area contributed by atoms with E-state index in [1.54, 1.807) is 18.2 Å². The van der Waals surface area contributed by atoms with E-state index in [2.05, 4.69) is 20.0 Å². The second-order valence-corrected chi connectivity index (χ2v) is 8.54. The molecule has 0 spiro atoms. The van der Waals surface area contributed by atoms with Gasteiger partial charge in [-0.1, -0.05) is 30.3 Å². The quantitative estimate of drug-likeness (QED) is 0.431. The molecule has 31 heavy (non-hydrogen) atoms. The van der Waals surface area contributed by atoms with Crippen LogP contribution < -0.4 is 14.8 Å². The first kappa shape index (κ1) is 20.6. The van der Waals surface area contributed by atoms with Crippen molar-refractivity contribution in [2.24, 2.45) is 0 Å². The van der Waals surface area contributed by atoms with Gasteiger partial charge in [-0.05, 0) is 61.9 Å². The van der Waals surface area contributed by atoms with Gasteiger partial charge in [0.15, 0.2) is 11.6 Å². The number of benzene rings is 3. The SMILES string of the molecule is CCOc1ccc(S(=O)(=O)Nc2nc3ccccc3nc2Nc2ccccc2C)cc1. The highest BCUT2D eigenvalue weighted by Crippen LogP contribution is 2.28. The van der Waals surface area contributed by atoms with Gasteiger partial charge in [0.1, 0.15) is 5.75 Å². The van der Waals surface area contributed by atoms with E-state index in [4.69, 9.17) is 4.74 Å². The van der Waals surface area contributed by atoms with Crippen molar-refractivity contribution in [3.8, 4) is 5.75 Å². The zero-order valence-electron chi connectivity index (χ0n) is 17.2. The van der Waals surface area contributed by atoms with Crippen molar-refractivity contribution >= 4 is 38.4 Å². The topological polar surface area (TPSA) is 93.2 Å². The highest BCUT2D eigenvalue weighted by Gasteiger charge is 2.19. The first-order valence-electron chi connectivity index (χ1n) is 9.81. The van der Waals surface area contributed by atoms with Crippen molar-refractivity contribution in [3.63, 3.8) is 0 Å². The lowest BCUT2D eigenvalue weighted by Crippen LogP contribution is -2.16. The van der Waals surface area contributed by atoms with Gasteiger partial charge in [0.2, 0.25) is 0 Å². The number of nitrogens with zero attached hydrogens (tertiary/aromatic N) is 2. The number of rotatable bonds is 7. The maximum atomic E-state index is 13.0. The average molecular weight is 435 g/mol. The first-order valence-corrected chi connectivity index (χ1v) is 11.3. The standard InChI is InChI=1S/C23H22N4O3S/c1-3-30-17-12-14-18(15-13-17)31(28,29)27-23-22(24-19-9-5-4-8-16(19)2)25-20-10-6-7-11-21(20)26-23/h4-15H,3H2,1-2H3,(H,24,25)(H,26,27). The Bertz CT molecular complexity index is 1320. The molecule has 8 heteroatoms. The Morgan fingerprint density at radius 2 is 1.45 bits per heavy atom. The van der Waals surface area contributed by atoms with Crippen LogP contribution in [-0.4, -0.2) is 25.0 Å². The Kier molecular flexibility index (Phi) is 5.73.